The Bertz CT molecular complexity index is 1040. The van der Waals surface area contributed by atoms with E-state index in [1.807, 2.05) is 24.3 Å². The Balaban J connectivity index is 1.99. The van der Waals surface area contributed by atoms with Crippen LogP contribution in [-0.2, 0) is 6.54 Å². The quantitative estimate of drug-likeness (QED) is 0.605. The number of halogens is 3. The summed E-state index contributed by atoms with van der Waals surface area (Å²) in [7, 11) is 0. The lowest BCUT2D eigenvalue weighted by molar-refractivity contribution is 0.475. The second-order valence-electron chi connectivity index (χ2n) is 5.33. The largest absolute Gasteiger partial charge is 0.506 e. The molecule has 0 aliphatic heterocycles. The zero-order chi connectivity index (χ0) is 18.7. The molecule has 0 spiro atoms. The number of aromatic nitrogens is 2. The summed E-state index contributed by atoms with van der Waals surface area (Å²) in [6.45, 7) is 0.392. The highest BCUT2D eigenvalue weighted by Crippen LogP contribution is 2.31. The van der Waals surface area contributed by atoms with Gasteiger partial charge in [-0.05, 0) is 23.8 Å². The molecule has 1 aromatic heterocycles. The van der Waals surface area contributed by atoms with E-state index in [9.17, 15) is 10.4 Å². The second-order valence-corrected chi connectivity index (χ2v) is 6.58. The van der Waals surface area contributed by atoms with Gasteiger partial charge in [0.2, 0.25) is 0 Å². The normalized spacial score (nSPS) is 11.0. The molecule has 3 rings (SSSR count). The van der Waals surface area contributed by atoms with Gasteiger partial charge in [-0.1, -0.05) is 53.0 Å². The minimum absolute atomic E-state index is 0.115. The fourth-order valence-electron chi connectivity index (χ4n) is 2.33. The van der Waals surface area contributed by atoms with Crippen LogP contribution in [0.5, 0.6) is 5.75 Å². The molecule has 0 radical (unpaired) electrons. The predicted molar refractivity (Wildman–Crippen MR) is 103 cm³/mol. The Kier molecular flexibility index (Phi) is 5.48. The molecule has 5 nitrogen and oxygen atoms in total. The third kappa shape index (κ3) is 3.83. The number of rotatable bonds is 4. The van der Waals surface area contributed by atoms with E-state index < -0.39 is 0 Å². The highest BCUT2D eigenvalue weighted by atomic mass is 35.5. The lowest BCUT2D eigenvalue weighted by Crippen LogP contribution is -1.99. The van der Waals surface area contributed by atoms with Gasteiger partial charge in [0.25, 0.3) is 0 Å². The Morgan fingerprint density at radius 3 is 2.69 bits per heavy atom. The standard InChI is InChI=1S/C18H11Cl3N4O/c19-13-5-12(17(26)15(21)6-13)8-23-18-16(7-22)24-10-25(18)9-11-3-1-2-4-14(11)20/h1-6,8,10,26H,9H2/b23-8+. The Labute approximate surface area is 164 Å². The third-order valence-electron chi connectivity index (χ3n) is 3.60. The first-order valence-corrected chi connectivity index (χ1v) is 8.53. The number of hydrogen-bond donors (Lipinski definition) is 1. The van der Waals surface area contributed by atoms with Crippen molar-refractivity contribution in [2.75, 3.05) is 0 Å². The number of nitriles is 1. The zero-order valence-corrected chi connectivity index (χ0v) is 15.5. The van der Waals surface area contributed by atoms with Gasteiger partial charge in [0, 0.05) is 21.8 Å². The van der Waals surface area contributed by atoms with Crippen LogP contribution in [0.1, 0.15) is 16.8 Å². The van der Waals surface area contributed by atoms with Gasteiger partial charge < -0.3 is 9.67 Å². The van der Waals surface area contributed by atoms with E-state index >= 15 is 0 Å². The summed E-state index contributed by atoms with van der Waals surface area (Å²) in [4.78, 5) is 8.37. The van der Waals surface area contributed by atoms with Gasteiger partial charge in [-0.3, -0.25) is 0 Å². The Morgan fingerprint density at radius 1 is 1.19 bits per heavy atom. The molecule has 0 atom stereocenters. The van der Waals surface area contributed by atoms with Gasteiger partial charge in [0.15, 0.2) is 11.5 Å². The summed E-state index contributed by atoms with van der Waals surface area (Å²) < 4.78 is 1.69. The van der Waals surface area contributed by atoms with Crippen molar-refractivity contribution in [1.82, 2.24) is 9.55 Å². The molecule has 0 bridgehead atoms. The number of imidazole rings is 1. The van der Waals surface area contributed by atoms with Crippen LogP contribution in [0.4, 0.5) is 5.82 Å². The lowest BCUT2D eigenvalue weighted by atomic mass is 10.2. The van der Waals surface area contributed by atoms with Gasteiger partial charge >= 0.3 is 0 Å². The molecule has 26 heavy (non-hydrogen) atoms. The molecule has 0 aliphatic carbocycles. The third-order valence-corrected chi connectivity index (χ3v) is 4.47. The topological polar surface area (TPSA) is 74.2 Å². The van der Waals surface area contributed by atoms with Crippen LogP contribution in [0.2, 0.25) is 15.1 Å². The molecule has 0 aliphatic rings. The van der Waals surface area contributed by atoms with E-state index in [4.69, 9.17) is 34.8 Å². The van der Waals surface area contributed by atoms with Gasteiger partial charge in [-0.15, -0.1) is 0 Å². The van der Waals surface area contributed by atoms with E-state index in [1.165, 1.54) is 24.7 Å². The van der Waals surface area contributed by atoms with Crippen LogP contribution < -0.4 is 0 Å². The van der Waals surface area contributed by atoms with Crippen molar-refractivity contribution in [1.29, 1.82) is 5.26 Å². The van der Waals surface area contributed by atoms with Crippen LogP contribution >= 0.6 is 34.8 Å². The molecule has 0 fully saturated rings. The summed E-state index contributed by atoms with van der Waals surface area (Å²) in [5.41, 5.74) is 1.35. The monoisotopic (exact) mass is 404 g/mol. The first kappa shape index (κ1) is 18.3. The van der Waals surface area contributed by atoms with Crippen molar-refractivity contribution >= 4 is 46.8 Å². The maximum atomic E-state index is 10.0. The average Bonchev–Trinajstić information content (AvgIpc) is 3.00. The molecule has 2 aromatic carbocycles. The van der Waals surface area contributed by atoms with Crippen LogP contribution in [0.3, 0.4) is 0 Å². The van der Waals surface area contributed by atoms with Gasteiger partial charge in [0.05, 0.1) is 17.9 Å². The Morgan fingerprint density at radius 2 is 1.96 bits per heavy atom. The summed E-state index contributed by atoms with van der Waals surface area (Å²) >= 11 is 18.1. The molecule has 0 saturated heterocycles. The van der Waals surface area contributed by atoms with E-state index in [0.717, 1.165) is 5.56 Å². The summed E-state index contributed by atoms with van der Waals surface area (Å²) in [5, 5.41) is 20.4. The smallest absolute Gasteiger partial charge is 0.185 e. The molecular weight excluding hydrogens is 395 g/mol. The zero-order valence-electron chi connectivity index (χ0n) is 13.2. The number of phenolic OH excluding ortho intramolecular Hbond substituents is 1. The lowest BCUT2D eigenvalue weighted by Gasteiger charge is -2.07. The molecule has 0 saturated carbocycles. The van der Waals surface area contributed by atoms with Gasteiger partial charge in [-0.25, -0.2) is 9.98 Å². The van der Waals surface area contributed by atoms with Crippen molar-refractivity contribution in [3.63, 3.8) is 0 Å². The van der Waals surface area contributed by atoms with Crippen LogP contribution in [0, 0.1) is 11.3 Å². The fraction of sp³-hybridized carbons (Fsp3) is 0.0556. The Hall–Kier alpha value is -2.52. The molecule has 130 valence electrons. The fourth-order valence-corrected chi connectivity index (χ4v) is 3.04. The molecule has 8 heteroatoms. The number of aliphatic imine (C=N–C) groups is 1. The van der Waals surface area contributed by atoms with E-state index in [0.29, 0.717) is 28.0 Å². The molecule has 1 N–H and O–H groups in total. The molecule has 1 heterocycles. The molecule has 0 amide bonds. The van der Waals surface area contributed by atoms with Gasteiger partial charge in [0.1, 0.15) is 11.8 Å². The number of hydrogen-bond acceptors (Lipinski definition) is 4. The van der Waals surface area contributed by atoms with E-state index in [1.54, 1.807) is 10.6 Å². The average molecular weight is 406 g/mol. The highest BCUT2D eigenvalue weighted by molar-refractivity contribution is 6.36. The predicted octanol–water partition coefficient (Wildman–Crippen LogP) is 5.22. The van der Waals surface area contributed by atoms with Crippen molar-refractivity contribution in [3.8, 4) is 11.8 Å². The SMILES string of the molecule is N#Cc1ncn(Cc2ccccc2Cl)c1/N=C/c1cc(Cl)cc(Cl)c1O. The number of aromatic hydroxyl groups is 1. The molecule has 0 unspecified atom stereocenters. The number of benzene rings is 2. The van der Waals surface area contributed by atoms with Crippen LogP contribution in [-0.4, -0.2) is 20.9 Å². The van der Waals surface area contributed by atoms with Crippen LogP contribution in [0.15, 0.2) is 47.7 Å². The first-order chi connectivity index (χ1) is 12.5. The maximum Gasteiger partial charge on any atom is 0.185 e. The van der Waals surface area contributed by atoms with Crippen molar-refractivity contribution in [2.24, 2.45) is 4.99 Å². The summed E-state index contributed by atoms with van der Waals surface area (Å²) in [5.74, 6) is 0.193. The molecule has 3 aromatic rings. The maximum absolute atomic E-state index is 10.0. The van der Waals surface area contributed by atoms with Crippen molar-refractivity contribution < 1.29 is 5.11 Å². The summed E-state index contributed by atoms with van der Waals surface area (Å²) in [6, 6.07) is 12.3. The van der Waals surface area contributed by atoms with Gasteiger partial charge in [-0.2, -0.15) is 5.26 Å². The van der Waals surface area contributed by atoms with Crippen molar-refractivity contribution in [2.45, 2.75) is 6.54 Å². The highest BCUT2D eigenvalue weighted by Gasteiger charge is 2.12. The summed E-state index contributed by atoms with van der Waals surface area (Å²) in [6.07, 6.45) is 2.90. The van der Waals surface area contributed by atoms with E-state index in [-0.39, 0.29) is 16.5 Å². The van der Waals surface area contributed by atoms with Crippen molar-refractivity contribution in [3.05, 3.63) is 74.6 Å². The first-order valence-electron chi connectivity index (χ1n) is 7.40. The minimum atomic E-state index is -0.143. The number of phenols is 1. The second kappa shape index (κ2) is 7.79. The minimum Gasteiger partial charge on any atom is -0.506 e. The van der Waals surface area contributed by atoms with E-state index in [2.05, 4.69) is 9.98 Å². The number of nitrogens with zero attached hydrogens (tertiary/aromatic N) is 4. The molecular formula is C18H11Cl3N4O. The van der Waals surface area contributed by atoms with Crippen LogP contribution in [0.25, 0.3) is 0 Å².